The standard InChI is InChI=1S/C16H22BrFN2O/c1-11(2)20(10-13-5-3-4-8-19-13)16(21)14-7-6-12(18)9-15(14)17/h6-7,9,11,13,19H,3-5,8,10H2,1-2H3. The Bertz CT molecular complexity index is 501. The van der Waals surface area contributed by atoms with Gasteiger partial charge in [0.1, 0.15) is 5.82 Å². The minimum Gasteiger partial charge on any atom is -0.335 e. The monoisotopic (exact) mass is 356 g/mol. The minimum absolute atomic E-state index is 0.0516. The number of carbonyl (C=O) groups excluding carboxylic acids is 1. The van der Waals surface area contributed by atoms with Crippen LogP contribution in [-0.2, 0) is 0 Å². The van der Waals surface area contributed by atoms with Gasteiger partial charge >= 0.3 is 0 Å². The molecule has 21 heavy (non-hydrogen) atoms. The van der Waals surface area contributed by atoms with Crippen molar-refractivity contribution in [3.8, 4) is 0 Å². The number of hydrogen-bond donors (Lipinski definition) is 1. The van der Waals surface area contributed by atoms with Crippen LogP contribution in [0.15, 0.2) is 22.7 Å². The average Bonchev–Trinajstić information content (AvgIpc) is 2.45. The molecule has 1 unspecified atom stereocenters. The number of amides is 1. The van der Waals surface area contributed by atoms with E-state index in [9.17, 15) is 9.18 Å². The second-order valence-corrected chi connectivity index (χ2v) is 6.68. The molecule has 3 nitrogen and oxygen atoms in total. The van der Waals surface area contributed by atoms with Gasteiger partial charge in [0.25, 0.3) is 5.91 Å². The van der Waals surface area contributed by atoms with Gasteiger partial charge in [-0.3, -0.25) is 4.79 Å². The highest BCUT2D eigenvalue weighted by atomic mass is 79.9. The van der Waals surface area contributed by atoms with Crippen LogP contribution in [0.4, 0.5) is 4.39 Å². The molecule has 1 aliphatic heterocycles. The van der Waals surface area contributed by atoms with Crippen LogP contribution >= 0.6 is 15.9 Å². The van der Waals surface area contributed by atoms with Crippen molar-refractivity contribution in [1.29, 1.82) is 0 Å². The number of benzene rings is 1. The molecule has 5 heteroatoms. The molecule has 1 aromatic rings. The van der Waals surface area contributed by atoms with Crippen LogP contribution in [0.2, 0.25) is 0 Å². The van der Waals surface area contributed by atoms with Crippen molar-refractivity contribution in [3.63, 3.8) is 0 Å². The van der Waals surface area contributed by atoms with E-state index in [1.54, 1.807) is 6.07 Å². The van der Waals surface area contributed by atoms with Crippen molar-refractivity contribution in [2.75, 3.05) is 13.1 Å². The third-order valence-electron chi connectivity index (χ3n) is 3.88. The number of nitrogens with zero attached hydrogens (tertiary/aromatic N) is 1. The van der Waals surface area contributed by atoms with E-state index in [2.05, 4.69) is 21.2 Å². The van der Waals surface area contributed by atoms with Crippen LogP contribution in [0.25, 0.3) is 0 Å². The summed E-state index contributed by atoms with van der Waals surface area (Å²) in [5.74, 6) is -0.396. The highest BCUT2D eigenvalue weighted by Crippen LogP contribution is 2.21. The van der Waals surface area contributed by atoms with E-state index < -0.39 is 0 Å². The van der Waals surface area contributed by atoms with Crippen molar-refractivity contribution in [2.24, 2.45) is 0 Å². The Morgan fingerprint density at radius 2 is 2.24 bits per heavy atom. The van der Waals surface area contributed by atoms with Crippen LogP contribution in [-0.4, -0.2) is 36.0 Å². The molecule has 0 aliphatic carbocycles. The van der Waals surface area contributed by atoms with Crippen molar-refractivity contribution >= 4 is 21.8 Å². The largest absolute Gasteiger partial charge is 0.335 e. The average molecular weight is 357 g/mol. The summed E-state index contributed by atoms with van der Waals surface area (Å²) >= 11 is 3.29. The third-order valence-corrected chi connectivity index (χ3v) is 4.53. The summed E-state index contributed by atoms with van der Waals surface area (Å²) in [4.78, 5) is 14.6. The molecule has 1 saturated heterocycles. The second-order valence-electron chi connectivity index (χ2n) is 5.82. The fourth-order valence-corrected chi connectivity index (χ4v) is 3.18. The lowest BCUT2D eigenvalue weighted by atomic mass is 10.0. The maximum atomic E-state index is 13.2. The summed E-state index contributed by atoms with van der Waals surface area (Å²) in [6, 6.07) is 4.67. The van der Waals surface area contributed by atoms with E-state index in [1.807, 2.05) is 18.7 Å². The maximum absolute atomic E-state index is 13.2. The van der Waals surface area contributed by atoms with Crippen LogP contribution in [0, 0.1) is 5.82 Å². The highest BCUT2D eigenvalue weighted by Gasteiger charge is 2.25. The van der Waals surface area contributed by atoms with E-state index in [1.165, 1.54) is 25.0 Å². The zero-order valence-electron chi connectivity index (χ0n) is 12.5. The zero-order chi connectivity index (χ0) is 15.4. The molecule has 0 bridgehead atoms. The number of piperidine rings is 1. The van der Waals surface area contributed by atoms with E-state index >= 15 is 0 Å². The van der Waals surface area contributed by atoms with Gasteiger partial charge in [-0.05, 0) is 67.4 Å². The summed E-state index contributed by atoms with van der Waals surface area (Å²) in [5.41, 5.74) is 0.515. The lowest BCUT2D eigenvalue weighted by Crippen LogP contribution is -2.48. The first-order chi connectivity index (χ1) is 9.99. The summed E-state index contributed by atoms with van der Waals surface area (Å²) in [5, 5.41) is 3.47. The van der Waals surface area contributed by atoms with Gasteiger partial charge in [0, 0.05) is 23.1 Å². The van der Waals surface area contributed by atoms with Gasteiger partial charge < -0.3 is 10.2 Å². The van der Waals surface area contributed by atoms with Crippen molar-refractivity contribution in [3.05, 3.63) is 34.1 Å². The second kappa shape index (κ2) is 7.36. The molecule has 1 heterocycles. The molecule has 0 radical (unpaired) electrons. The molecule has 1 atom stereocenters. The first kappa shape index (κ1) is 16.4. The SMILES string of the molecule is CC(C)N(CC1CCCCN1)C(=O)c1ccc(F)cc1Br. The Hall–Kier alpha value is -0.940. The quantitative estimate of drug-likeness (QED) is 0.893. The molecule has 1 aliphatic rings. The van der Waals surface area contributed by atoms with Crippen LogP contribution in [0.5, 0.6) is 0 Å². The summed E-state index contributed by atoms with van der Waals surface area (Å²) in [6.45, 7) is 5.74. The molecular formula is C16H22BrFN2O. The van der Waals surface area contributed by atoms with Gasteiger partial charge in [0.2, 0.25) is 0 Å². The van der Waals surface area contributed by atoms with E-state index in [-0.39, 0.29) is 17.8 Å². The summed E-state index contributed by atoms with van der Waals surface area (Å²) in [6.07, 6.45) is 3.51. The molecule has 1 amide bonds. The van der Waals surface area contributed by atoms with Crippen molar-refractivity contribution in [2.45, 2.75) is 45.2 Å². The van der Waals surface area contributed by atoms with Crippen LogP contribution in [0.1, 0.15) is 43.5 Å². The first-order valence-electron chi connectivity index (χ1n) is 7.48. The highest BCUT2D eigenvalue weighted by molar-refractivity contribution is 9.10. The fourth-order valence-electron chi connectivity index (χ4n) is 2.66. The summed E-state index contributed by atoms with van der Waals surface area (Å²) < 4.78 is 13.7. The predicted octanol–water partition coefficient (Wildman–Crippen LogP) is 3.58. The Balaban J connectivity index is 2.14. The van der Waals surface area contributed by atoms with Gasteiger partial charge in [-0.25, -0.2) is 4.39 Å². The van der Waals surface area contributed by atoms with E-state index in [0.717, 1.165) is 13.0 Å². The number of rotatable bonds is 4. The van der Waals surface area contributed by atoms with Crippen molar-refractivity contribution < 1.29 is 9.18 Å². The van der Waals surface area contributed by atoms with Gasteiger partial charge in [-0.1, -0.05) is 6.42 Å². The number of halogens is 2. The molecule has 0 spiro atoms. The van der Waals surface area contributed by atoms with Gasteiger partial charge in [-0.2, -0.15) is 0 Å². The molecule has 1 N–H and O–H groups in total. The van der Waals surface area contributed by atoms with Crippen molar-refractivity contribution in [1.82, 2.24) is 10.2 Å². The zero-order valence-corrected chi connectivity index (χ0v) is 14.1. The Labute approximate surface area is 134 Å². The van der Waals surface area contributed by atoms with Gasteiger partial charge in [0.15, 0.2) is 0 Å². The minimum atomic E-state index is -0.344. The fraction of sp³-hybridized carbons (Fsp3) is 0.562. The molecule has 1 fully saturated rings. The van der Waals surface area contributed by atoms with Crippen LogP contribution in [0.3, 0.4) is 0 Å². The van der Waals surface area contributed by atoms with Crippen LogP contribution < -0.4 is 5.32 Å². The smallest absolute Gasteiger partial charge is 0.255 e. The third kappa shape index (κ3) is 4.27. The normalized spacial score (nSPS) is 18.8. The molecule has 2 rings (SSSR count). The number of carbonyl (C=O) groups is 1. The van der Waals surface area contributed by atoms with E-state index in [4.69, 9.17) is 0 Å². The Morgan fingerprint density at radius 3 is 2.81 bits per heavy atom. The summed E-state index contributed by atoms with van der Waals surface area (Å²) in [7, 11) is 0. The molecule has 1 aromatic carbocycles. The molecular weight excluding hydrogens is 335 g/mol. The Morgan fingerprint density at radius 1 is 1.48 bits per heavy atom. The number of nitrogens with one attached hydrogen (secondary N) is 1. The number of hydrogen-bond acceptors (Lipinski definition) is 2. The molecule has 116 valence electrons. The molecule has 0 aromatic heterocycles. The first-order valence-corrected chi connectivity index (χ1v) is 8.27. The van der Waals surface area contributed by atoms with Gasteiger partial charge in [0.05, 0.1) is 5.56 Å². The van der Waals surface area contributed by atoms with E-state index in [0.29, 0.717) is 22.6 Å². The van der Waals surface area contributed by atoms with Gasteiger partial charge in [-0.15, -0.1) is 0 Å². The molecule has 0 saturated carbocycles. The lowest BCUT2D eigenvalue weighted by molar-refractivity contribution is 0.0676. The topological polar surface area (TPSA) is 32.3 Å². The maximum Gasteiger partial charge on any atom is 0.255 e. The predicted molar refractivity (Wildman–Crippen MR) is 85.9 cm³/mol. The Kier molecular flexibility index (Phi) is 5.76. The lowest BCUT2D eigenvalue weighted by Gasteiger charge is -2.33.